The Labute approximate surface area is 218 Å². The first-order chi connectivity index (χ1) is 17.7. The van der Waals surface area contributed by atoms with Crippen molar-refractivity contribution in [2.24, 2.45) is 0 Å². The second kappa shape index (κ2) is 11.8. The minimum Gasteiger partial charge on any atom is -0.362 e. The van der Waals surface area contributed by atoms with Crippen LogP contribution in [-0.2, 0) is 0 Å². The highest BCUT2D eigenvalue weighted by atomic mass is 32.2. The Morgan fingerprint density at radius 1 is 0.806 bits per heavy atom. The van der Waals surface area contributed by atoms with Crippen molar-refractivity contribution in [1.29, 1.82) is 0 Å². The van der Waals surface area contributed by atoms with E-state index in [0.29, 0.717) is 17.3 Å². The van der Waals surface area contributed by atoms with Gasteiger partial charge in [0.15, 0.2) is 0 Å². The maximum absolute atomic E-state index is 4.83. The molecule has 0 radical (unpaired) electrons. The summed E-state index contributed by atoms with van der Waals surface area (Å²) in [5, 5.41) is 8.99. The number of benzene rings is 3. The Morgan fingerprint density at radius 3 is 2.17 bits per heavy atom. The van der Waals surface area contributed by atoms with Crippen molar-refractivity contribution in [2.45, 2.75) is 47.9 Å². The van der Waals surface area contributed by atoms with Gasteiger partial charge in [0.05, 0.1) is 5.52 Å². The van der Waals surface area contributed by atoms with Crippen molar-refractivity contribution in [3.63, 3.8) is 0 Å². The van der Waals surface area contributed by atoms with Gasteiger partial charge in [-0.2, -0.15) is 4.98 Å². The minimum atomic E-state index is 0.389. The van der Waals surface area contributed by atoms with Crippen molar-refractivity contribution in [1.82, 2.24) is 15.3 Å². The molecule has 0 spiro atoms. The van der Waals surface area contributed by atoms with Crippen LogP contribution in [0.2, 0.25) is 0 Å². The first kappa shape index (κ1) is 24.6. The summed E-state index contributed by atoms with van der Waals surface area (Å²) in [6.07, 6.45) is 4.55. The Balaban J connectivity index is 1.18. The molecule has 1 heterocycles. The normalized spacial score (nSPS) is 18.6. The van der Waals surface area contributed by atoms with Gasteiger partial charge in [0.25, 0.3) is 0 Å². The monoisotopic (exact) mass is 497 g/mol. The molecule has 1 aliphatic rings. The van der Waals surface area contributed by atoms with E-state index in [1.807, 2.05) is 38.0 Å². The molecule has 186 valence electrons. The second-order valence-electron chi connectivity index (χ2n) is 9.71. The van der Waals surface area contributed by atoms with Crippen molar-refractivity contribution in [3.05, 3.63) is 90.5 Å². The Hall–Kier alpha value is -3.09. The predicted molar refractivity (Wildman–Crippen MR) is 153 cm³/mol. The number of rotatable bonds is 9. The molecule has 1 saturated carbocycles. The fourth-order valence-electron chi connectivity index (χ4n) is 4.92. The summed E-state index contributed by atoms with van der Waals surface area (Å²) in [7, 11) is 4.07. The van der Waals surface area contributed by atoms with Crippen LogP contribution in [0.5, 0.6) is 0 Å². The lowest BCUT2D eigenvalue weighted by molar-refractivity contribution is 0.354. The second-order valence-corrected chi connectivity index (χ2v) is 11.0. The first-order valence-corrected chi connectivity index (χ1v) is 13.7. The zero-order chi connectivity index (χ0) is 24.7. The molecule has 3 aromatic carbocycles. The zero-order valence-corrected chi connectivity index (χ0v) is 21.9. The summed E-state index contributed by atoms with van der Waals surface area (Å²) in [6, 6.07) is 30.8. The summed E-state index contributed by atoms with van der Waals surface area (Å²) >= 11 is 1.94. The molecule has 0 saturated heterocycles. The number of fused-ring (bicyclic) bond motifs is 1. The van der Waals surface area contributed by atoms with E-state index in [0.717, 1.165) is 54.9 Å². The topological polar surface area (TPSA) is 53.1 Å². The molecule has 2 N–H and O–H groups in total. The van der Waals surface area contributed by atoms with Gasteiger partial charge < -0.3 is 15.5 Å². The van der Waals surface area contributed by atoms with Crippen LogP contribution in [0.4, 0.5) is 11.8 Å². The van der Waals surface area contributed by atoms with E-state index in [4.69, 9.17) is 9.97 Å². The number of hydrogen-bond acceptors (Lipinski definition) is 6. The van der Waals surface area contributed by atoms with Gasteiger partial charge >= 0.3 is 0 Å². The van der Waals surface area contributed by atoms with E-state index in [1.165, 1.54) is 10.5 Å². The average Bonchev–Trinajstić information content (AvgIpc) is 2.92. The van der Waals surface area contributed by atoms with Crippen molar-refractivity contribution in [3.8, 4) is 0 Å². The molecular weight excluding hydrogens is 462 g/mol. The van der Waals surface area contributed by atoms with Gasteiger partial charge in [0.1, 0.15) is 5.82 Å². The number of nitrogens with one attached hydrogen (secondary N) is 2. The molecule has 5 nitrogen and oxygen atoms in total. The third kappa shape index (κ3) is 6.18. The molecule has 0 amide bonds. The molecule has 0 bridgehead atoms. The fourth-order valence-corrected chi connectivity index (χ4v) is 6.04. The summed E-state index contributed by atoms with van der Waals surface area (Å²) in [4.78, 5) is 13.0. The summed E-state index contributed by atoms with van der Waals surface area (Å²) < 4.78 is 0. The van der Waals surface area contributed by atoms with Gasteiger partial charge in [-0.25, -0.2) is 4.98 Å². The third-order valence-electron chi connectivity index (χ3n) is 6.85. The Kier molecular flexibility index (Phi) is 8.04. The van der Waals surface area contributed by atoms with Gasteiger partial charge in [0.2, 0.25) is 5.95 Å². The van der Waals surface area contributed by atoms with Crippen molar-refractivity contribution < 1.29 is 0 Å². The predicted octanol–water partition coefficient (Wildman–Crippen LogP) is 6.54. The lowest BCUT2D eigenvalue weighted by Crippen LogP contribution is -2.38. The molecule has 1 aromatic heterocycles. The van der Waals surface area contributed by atoms with E-state index in [9.17, 15) is 0 Å². The van der Waals surface area contributed by atoms with Crippen LogP contribution in [0.3, 0.4) is 0 Å². The maximum Gasteiger partial charge on any atom is 0.225 e. The number of thioether (sulfide) groups is 1. The molecule has 1 fully saturated rings. The van der Waals surface area contributed by atoms with Gasteiger partial charge in [-0.05, 0) is 55.5 Å². The van der Waals surface area contributed by atoms with Crippen molar-refractivity contribution >= 4 is 34.4 Å². The largest absolute Gasteiger partial charge is 0.362 e. The lowest BCUT2D eigenvalue weighted by atomic mass is 9.91. The number of anilines is 2. The van der Waals surface area contributed by atoms with E-state index in [-0.39, 0.29) is 0 Å². The quantitative estimate of drug-likeness (QED) is 0.256. The van der Waals surface area contributed by atoms with Crippen LogP contribution in [0.1, 0.15) is 36.5 Å². The van der Waals surface area contributed by atoms with E-state index in [1.54, 1.807) is 0 Å². The number of nitrogens with zero attached hydrogens (tertiary/aromatic N) is 3. The Bertz CT molecular complexity index is 1240. The van der Waals surface area contributed by atoms with Crippen LogP contribution in [0, 0.1) is 0 Å². The molecule has 5 rings (SSSR count). The highest BCUT2D eigenvalue weighted by Gasteiger charge is 2.23. The van der Waals surface area contributed by atoms with Gasteiger partial charge in [-0.1, -0.05) is 60.7 Å². The van der Waals surface area contributed by atoms with Crippen LogP contribution in [0.15, 0.2) is 89.8 Å². The van der Waals surface area contributed by atoms with Crippen LogP contribution in [-0.4, -0.2) is 42.7 Å². The smallest absolute Gasteiger partial charge is 0.225 e. The molecule has 1 aliphatic carbocycles. The Morgan fingerprint density at radius 2 is 1.44 bits per heavy atom. The van der Waals surface area contributed by atoms with Gasteiger partial charge in [-0.3, -0.25) is 0 Å². The van der Waals surface area contributed by atoms with Gasteiger partial charge in [-0.15, -0.1) is 11.8 Å². The van der Waals surface area contributed by atoms with Crippen LogP contribution in [0.25, 0.3) is 10.9 Å². The average molecular weight is 498 g/mol. The molecule has 1 unspecified atom stereocenters. The standard InChI is InChI=1S/C30H35N5S/c1-35(2)29-26-15-9-10-16-27(26)33-30(34-29)32-24-19-17-23(18-20-24)31-21-28(22-11-5-3-6-12-22)36-25-13-7-4-8-14-25/h3-16,23-24,28,31H,17-21H2,1-2H3,(H,32,33,34). The third-order valence-corrected chi connectivity index (χ3v) is 8.12. The lowest BCUT2D eigenvalue weighted by Gasteiger charge is -2.31. The van der Waals surface area contributed by atoms with E-state index < -0.39 is 0 Å². The van der Waals surface area contributed by atoms with E-state index in [2.05, 4.69) is 88.3 Å². The van der Waals surface area contributed by atoms with E-state index >= 15 is 0 Å². The molecular formula is C30H35N5S. The highest BCUT2D eigenvalue weighted by molar-refractivity contribution is 7.99. The summed E-state index contributed by atoms with van der Waals surface area (Å²) in [6.45, 7) is 0.965. The van der Waals surface area contributed by atoms with Crippen LogP contribution >= 0.6 is 11.8 Å². The summed E-state index contributed by atoms with van der Waals surface area (Å²) in [5.74, 6) is 1.69. The number of hydrogen-bond donors (Lipinski definition) is 2. The SMILES string of the molecule is CN(C)c1nc(NC2CCC(NCC(Sc3ccccc3)c3ccccc3)CC2)nc2ccccc12. The van der Waals surface area contributed by atoms with Crippen LogP contribution < -0.4 is 15.5 Å². The molecule has 0 aliphatic heterocycles. The number of aromatic nitrogens is 2. The minimum absolute atomic E-state index is 0.389. The summed E-state index contributed by atoms with van der Waals surface area (Å²) in [5.41, 5.74) is 2.36. The molecule has 36 heavy (non-hydrogen) atoms. The van der Waals surface area contributed by atoms with Crippen molar-refractivity contribution in [2.75, 3.05) is 30.9 Å². The zero-order valence-electron chi connectivity index (χ0n) is 21.1. The fraction of sp³-hybridized carbons (Fsp3) is 0.333. The molecule has 1 atom stereocenters. The molecule has 6 heteroatoms. The number of para-hydroxylation sites is 1. The van der Waals surface area contributed by atoms with Gasteiger partial charge in [0, 0.05) is 48.3 Å². The highest BCUT2D eigenvalue weighted by Crippen LogP contribution is 2.35. The molecule has 4 aromatic rings. The first-order valence-electron chi connectivity index (χ1n) is 12.9. The maximum atomic E-state index is 4.83.